The summed E-state index contributed by atoms with van der Waals surface area (Å²) in [4.78, 5) is 0. The Bertz CT molecular complexity index is 598. The van der Waals surface area contributed by atoms with E-state index in [0.29, 0.717) is 0 Å². The molecule has 0 aliphatic rings. The molecular weight excluding hydrogens is 422 g/mol. The molecule has 108 valence electrons. The fourth-order valence-corrected chi connectivity index (χ4v) is 5.26. The number of hydrogen-bond donors (Lipinski definition) is 1. The third-order valence-electron chi connectivity index (χ3n) is 3.13. The van der Waals surface area contributed by atoms with Gasteiger partial charge >= 0.3 is 0 Å². The first-order valence-electron chi connectivity index (χ1n) is 6.47. The van der Waals surface area contributed by atoms with Gasteiger partial charge in [0.2, 0.25) is 0 Å². The summed E-state index contributed by atoms with van der Waals surface area (Å²) in [5, 5.41) is 4.44. The first kappa shape index (κ1) is 16.5. The van der Waals surface area contributed by atoms with E-state index >= 15 is 0 Å². The maximum absolute atomic E-state index is 6.51. The van der Waals surface area contributed by atoms with E-state index in [4.69, 9.17) is 11.6 Å². The Kier molecular flexibility index (Phi) is 6.11. The van der Waals surface area contributed by atoms with Gasteiger partial charge in [-0.1, -0.05) is 36.7 Å². The van der Waals surface area contributed by atoms with Crippen LogP contribution in [0.5, 0.6) is 0 Å². The SMILES string of the molecule is CCCNC(c1cc(Br)sc1Br)c1cccc(C)c1Cl. The summed E-state index contributed by atoms with van der Waals surface area (Å²) in [7, 11) is 0. The Hall–Kier alpha value is 0.130. The lowest BCUT2D eigenvalue weighted by atomic mass is 9.99. The third kappa shape index (κ3) is 3.66. The molecule has 0 radical (unpaired) electrons. The van der Waals surface area contributed by atoms with Crippen molar-refractivity contribution in [3.63, 3.8) is 0 Å². The summed E-state index contributed by atoms with van der Waals surface area (Å²) >= 11 is 15.4. The summed E-state index contributed by atoms with van der Waals surface area (Å²) in [5.41, 5.74) is 3.46. The molecule has 1 aromatic carbocycles. The van der Waals surface area contributed by atoms with Gasteiger partial charge in [-0.15, -0.1) is 11.3 Å². The van der Waals surface area contributed by atoms with Crippen LogP contribution in [0.4, 0.5) is 0 Å². The van der Waals surface area contributed by atoms with Crippen molar-refractivity contribution in [2.75, 3.05) is 6.54 Å². The first-order valence-corrected chi connectivity index (χ1v) is 9.25. The molecule has 1 atom stereocenters. The van der Waals surface area contributed by atoms with Crippen molar-refractivity contribution in [3.8, 4) is 0 Å². The molecule has 2 rings (SSSR count). The predicted molar refractivity (Wildman–Crippen MR) is 96.0 cm³/mol. The smallest absolute Gasteiger partial charge is 0.0761 e. The van der Waals surface area contributed by atoms with Crippen LogP contribution in [-0.4, -0.2) is 6.54 Å². The molecule has 1 N–H and O–H groups in total. The third-order valence-corrected chi connectivity index (χ3v) is 6.03. The van der Waals surface area contributed by atoms with Crippen LogP contribution in [0.15, 0.2) is 31.8 Å². The van der Waals surface area contributed by atoms with Crippen molar-refractivity contribution < 1.29 is 0 Å². The molecule has 0 bridgehead atoms. The minimum Gasteiger partial charge on any atom is -0.306 e. The van der Waals surface area contributed by atoms with Gasteiger partial charge in [0.05, 0.1) is 13.6 Å². The topological polar surface area (TPSA) is 12.0 Å². The Morgan fingerprint density at radius 1 is 1.30 bits per heavy atom. The number of nitrogens with one attached hydrogen (secondary N) is 1. The zero-order chi connectivity index (χ0) is 14.7. The molecule has 0 saturated carbocycles. The summed E-state index contributed by atoms with van der Waals surface area (Å²) in [6.07, 6.45) is 1.09. The first-order chi connectivity index (χ1) is 9.54. The zero-order valence-corrected chi connectivity index (χ0v) is 16.1. The van der Waals surface area contributed by atoms with Crippen LogP contribution in [0.3, 0.4) is 0 Å². The minimum atomic E-state index is 0.110. The fourth-order valence-electron chi connectivity index (χ4n) is 2.12. The molecule has 0 saturated heterocycles. The van der Waals surface area contributed by atoms with Gasteiger partial charge in [0.25, 0.3) is 0 Å². The standard InChI is InChI=1S/C15H16Br2ClNS/c1-3-7-19-14(11-8-12(16)20-15(11)17)10-6-4-5-9(2)13(10)18/h4-6,8,14,19H,3,7H2,1-2H3. The highest BCUT2D eigenvalue weighted by molar-refractivity contribution is 9.12. The van der Waals surface area contributed by atoms with Gasteiger partial charge in [0, 0.05) is 5.02 Å². The molecule has 0 spiro atoms. The van der Waals surface area contributed by atoms with E-state index in [9.17, 15) is 0 Å². The fraction of sp³-hybridized carbons (Fsp3) is 0.333. The highest BCUT2D eigenvalue weighted by Crippen LogP contribution is 2.40. The highest BCUT2D eigenvalue weighted by atomic mass is 79.9. The molecule has 1 nitrogen and oxygen atoms in total. The maximum Gasteiger partial charge on any atom is 0.0761 e. The predicted octanol–water partition coefficient (Wildman–Crippen LogP) is 6.32. The van der Waals surface area contributed by atoms with Crippen molar-refractivity contribution in [3.05, 3.63) is 53.6 Å². The average Bonchev–Trinajstić information content (AvgIpc) is 2.74. The zero-order valence-electron chi connectivity index (χ0n) is 11.3. The Morgan fingerprint density at radius 3 is 2.65 bits per heavy atom. The molecular formula is C15H16Br2ClNS. The van der Waals surface area contributed by atoms with Gasteiger partial charge in [0.1, 0.15) is 0 Å². The second-order valence-corrected chi connectivity index (χ2v) is 8.77. The van der Waals surface area contributed by atoms with Crippen molar-refractivity contribution >= 4 is 54.8 Å². The summed E-state index contributed by atoms with van der Waals surface area (Å²) < 4.78 is 2.25. The van der Waals surface area contributed by atoms with Gasteiger partial charge in [-0.05, 0) is 74.5 Å². The van der Waals surface area contributed by atoms with Gasteiger partial charge in [-0.2, -0.15) is 0 Å². The molecule has 1 aromatic heterocycles. The molecule has 0 fully saturated rings. The number of rotatable bonds is 5. The molecule has 20 heavy (non-hydrogen) atoms. The molecule has 1 unspecified atom stereocenters. The van der Waals surface area contributed by atoms with Crippen LogP contribution in [-0.2, 0) is 0 Å². The summed E-state index contributed by atoms with van der Waals surface area (Å²) in [6, 6.07) is 8.47. The van der Waals surface area contributed by atoms with Gasteiger partial charge in [-0.25, -0.2) is 0 Å². The lowest BCUT2D eigenvalue weighted by molar-refractivity contribution is 0.598. The van der Waals surface area contributed by atoms with Crippen LogP contribution < -0.4 is 5.32 Å². The number of halogens is 3. The van der Waals surface area contributed by atoms with Gasteiger partial charge in [-0.3, -0.25) is 0 Å². The van der Waals surface area contributed by atoms with Crippen LogP contribution in [0.1, 0.15) is 36.1 Å². The van der Waals surface area contributed by atoms with Crippen molar-refractivity contribution in [2.45, 2.75) is 26.3 Å². The molecule has 0 aliphatic heterocycles. The van der Waals surface area contributed by atoms with E-state index in [1.54, 1.807) is 11.3 Å². The molecule has 1 heterocycles. The average molecular weight is 438 g/mol. The summed E-state index contributed by atoms with van der Waals surface area (Å²) in [6.45, 7) is 5.16. The minimum absolute atomic E-state index is 0.110. The Morgan fingerprint density at radius 2 is 2.05 bits per heavy atom. The van der Waals surface area contributed by atoms with Crippen LogP contribution >= 0.6 is 54.8 Å². The lowest BCUT2D eigenvalue weighted by Gasteiger charge is -2.21. The molecule has 0 amide bonds. The number of aryl methyl sites for hydroxylation is 1. The van der Waals surface area contributed by atoms with Crippen molar-refractivity contribution in [1.29, 1.82) is 0 Å². The van der Waals surface area contributed by atoms with Crippen molar-refractivity contribution in [1.82, 2.24) is 5.32 Å². The second kappa shape index (κ2) is 7.41. The van der Waals surface area contributed by atoms with Crippen molar-refractivity contribution in [2.24, 2.45) is 0 Å². The molecule has 2 aromatic rings. The van der Waals surface area contributed by atoms with E-state index in [2.05, 4.69) is 62.3 Å². The van der Waals surface area contributed by atoms with E-state index in [0.717, 1.165) is 36.7 Å². The lowest BCUT2D eigenvalue weighted by Crippen LogP contribution is -2.23. The largest absolute Gasteiger partial charge is 0.306 e. The second-order valence-electron chi connectivity index (χ2n) is 4.64. The Balaban J connectivity index is 2.47. The van der Waals surface area contributed by atoms with Crippen LogP contribution in [0.25, 0.3) is 0 Å². The van der Waals surface area contributed by atoms with Gasteiger partial charge in [0.15, 0.2) is 0 Å². The quantitative estimate of drug-likeness (QED) is 0.577. The monoisotopic (exact) mass is 435 g/mol. The normalized spacial score (nSPS) is 12.7. The summed E-state index contributed by atoms with van der Waals surface area (Å²) in [5.74, 6) is 0. The van der Waals surface area contributed by atoms with E-state index in [1.165, 1.54) is 5.56 Å². The van der Waals surface area contributed by atoms with Gasteiger partial charge < -0.3 is 5.32 Å². The highest BCUT2D eigenvalue weighted by Gasteiger charge is 2.21. The van der Waals surface area contributed by atoms with E-state index < -0.39 is 0 Å². The number of hydrogen-bond acceptors (Lipinski definition) is 2. The van der Waals surface area contributed by atoms with Crippen LogP contribution in [0, 0.1) is 6.92 Å². The van der Waals surface area contributed by atoms with E-state index in [1.807, 2.05) is 13.0 Å². The Labute approximate surface area is 146 Å². The number of benzene rings is 1. The maximum atomic E-state index is 6.51. The molecule has 5 heteroatoms. The van der Waals surface area contributed by atoms with Crippen LogP contribution in [0.2, 0.25) is 5.02 Å². The molecule has 0 aliphatic carbocycles. The van der Waals surface area contributed by atoms with E-state index in [-0.39, 0.29) is 6.04 Å². The number of thiophene rings is 1.